The highest BCUT2D eigenvalue weighted by molar-refractivity contribution is 5.61. The van der Waals surface area contributed by atoms with Gasteiger partial charge in [-0.2, -0.15) is 0 Å². The van der Waals surface area contributed by atoms with Crippen molar-refractivity contribution in [2.75, 3.05) is 11.9 Å². The van der Waals surface area contributed by atoms with Gasteiger partial charge in [0.25, 0.3) is 0 Å². The molecule has 1 heteroatoms. The summed E-state index contributed by atoms with van der Waals surface area (Å²) in [5.41, 5.74) is 2.91. The van der Waals surface area contributed by atoms with Crippen molar-refractivity contribution >= 4 is 11.4 Å². The van der Waals surface area contributed by atoms with E-state index in [1.807, 2.05) is 26.0 Å². The molecule has 0 N–H and O–H groups in total. The van der Waals surface area contributed by atoms with E-state index in [1.54, 1.807) is 0 Å². The minimum Gasteiger partial charge on any atom is -0.345 e. The molecule has 116 valence electrons. The molecule has 0 fully saturated rings. The minimum absolute atomic E-state index is 0.500. The Balaban J connectivity index is 0.000000489. The van der Waals surface area contributed by atoms with Gasteiger partial charge in [-0.3, -0.25) is 0 Å². The lowest BCUT2D eigenvalue weighted by atomic mass is 10.0. The standard InChI is InChI=1S/C13H13N.C5H12.C2H6/c1-14(12-8-4-2-5-9-12)13-10-6-3-7-11-13;1-5(2,3)4;1-2/h2-11H,1H3;1-4H3;1-2H3. The Kier molecular flexibility index (Phi) is 9.20. The molecular formula is C20H31N. The van der Waals surface area contributed by atoms with Crippen LogP contribution in [-0.2, 0) is 0 Å². The second kappa shape index (κ2) is 10.0. The highest BCUT2D eigenvalue weighted by Gasteiger charge is 2.00. The second-order valence-corrected chi connectivity index (χ2v) is 6.23. The SMILES string of the molecule is CC.CC(C)(C)C.CN(c1ccccc1)c1ccccc1. The molecule has 0 saturated carbocycles. The molecule has 0 saturated heterocycles. The van der Waals surface area contributed by atoms with E-state index in [4.69, 9.17) is 0 Å². The molecule has 0 aliphatic carbocycles. The Morgan fingerprint density at radius 1 is 0.619 bits per heavy atom. The van der Waals surface area contributed by atoms with Crippen molar-refractivity contribution in [3.8, 4) is 0 Å². The first kappa shape index (κ1) is 19.2. The number of rotatable bonds is 2. The highest BCUT2D eigenvalue weighted by atomic mass is 15.1. The summed E-state index contributed by atoms with van der Waals surface area (Å²) in [4.78, 5) is 2.17. The van der Waals surface area contributed by atoms with Gasteiger partial charge >= 0.3 is 0 Å². The molecule has 0 radical (unpaired) electrons. The third-order valence-electron chi connectivity index (χ3n) is 2.29. The summed E-state index contributed by atoms with van der Waals surface area (Å²) >= 11 is 0. The summed E-state index contributed by atoms with van der Waals surface area (Å²) in [5, 5.41) is 0. The molecule has 0 bridgehead atoms. The van der Waals surface area contributed by atoms with Gasteiger partial charge in [-0.15, -0.1) is 0 Å². The van der Waals surface area contributed by atoms with Crippen molar-refractivity contribution in [2.24, 2.45) is 5.41 Å². The molecule has 2 aromatic rings. The van der Waals surface area contributed by atoms with Gasteiger partial charge in [0.05, 0.1) is 0 Å². The van der Waals surface area contributed by atoms with Crippen molar-refractivity contribution in [3.63, 3.8) is 0 Å². The third-order valence-corrected chi connectivity index (χ3v) is 2.29. The summed E-state index contributed by atoms with van der Waals surface area (Å²) < 4.78 is 0. The van der Waals surface area contributed by atoms with E-state index in [9.17, 15) is 0 Å². The van der Waals surface area contributed by atoms with Gasteiger partial charge in [0, 0.05) is 18.4 Å². The zero-order valence-corrected chi connectivity index (χ0v) is 14.7. The summed E-state index contributed by atoms with van der Waals surface area (Å²) in [6.07, 6.45) is 0. The Labute approximate surface area is 131 Å². The van der Waals surface area contributed by atoms with Crippen LogP contribution < -0.4 is 4.90 Å². The number of anilines is 2. The highest BCUT2D eigenvalue weighted by Crippen LogP contribution is 2.21. The number of nitrogens with zero attached hydrogens (tertiary/aromatic N) is 1. The first-order chi connectivity index (χ1) is 9.88. The average Bonchev–Trinajstić information content (AvgIpc) is 2.49. The fourth-order valence-electron chi connectivity index (χ4n) is 1.45. The Morgan fingerprint density at radius 3 is 1.10 bits per heavy atom. The van der Waals surface area contributed by atoms with Crippen molar-refractivity contribution < 1.29 is 0 Å². The topological polar surface area (TPSA) is 3.24 Å². The summed E-state index contributed by atoms with van der Waals surface area (Å²) in [6, 6.07) is 20.7. The normalized spacial score (nSPS) is 9.67. The lowest BCUT2D eigenvalue weighted by Crippen LogP contribution is -2.08. The molecule has 2 aromatic carbocycles. The van der Waals surface area contributed by atoms with E-state index >= 15 is 0 Å². The van der Waals surface area contributed by atoms with Crippen LogP contribution in [0.25, 0.3) is 0 Å². The van der Waals surface area contributed by atoms with Crippen molar-refractivity contribution in [1.82, 2.24) is 0 Å². The predicted molar refractivity (Wildman–Crippen MR) is 97.4 cm³/mol. The molecular weight excluding hydrogens is 254 g/mol. The molecule has 0 heterocycles. The van der Waals surface area contributed by atoms with Crippen LogP contribution in [0.3, 0.4) is 0 Å². The first-order valence-electron chi connectivity index (χ1n) is 7.72. The maximum Gasteiger partial charge on any atom is 0.0408 e. The van der Waals surface area contributed by atoms with Crippen LogP contribution in [0.1, 0.15) is 41.5 Å². The molecule has 0 atom stereocenters. The van der Waals surface area contributed by atoms with Gasteiger partial charge in [-0.1, -0.05) is 77.9 Å². The van der Waals surface area contributed by atoms with Crippen LogP contribution in [0.15, 0.2) is 60.7 Å². The molecule has 0 amide bonds. The van der Waals surface area contributed by atoms with Crippen LogP contribution in [0.5, 0.6) is 0 Å². The van der Waals surface area contributed by atoms with E-state index in [1.165, 1.54) is 11.4 Å². The van der Waals surface area contributed by atoms with Crippen LogP contribution in [0, 0.1) is 5.41 Å². The van der Waals surface area contributed by atoms with Crippen molar-refractivity contribution in [1.29, 1.82) is 0 Å². The molecule has 0 aliphatic rings. The van der Waals surface area contributed by atoms with E-state index in [-0.39, 0.29) is 0 Å². The average molecular weight is 285 g/mol. The first-order valence-corrected chi connectivity index (χ1v) is 7.72. The van der Waals surface area contributed by atoms with Crippen molar-refractivity contribution in [2.45, 2.75) is 41.5 Å². The molecule has 0 spiro atoms. The lowest BCUT2D eigenvalue weighted by Gasteiger charge is -2.18. The number of benzene rings is 2. The number of hydrogen-bond donors (Lipinski definition) is 0. The van der Waals surface area contributed by atoms with E-state index in [0.29, 0.717) is 5.41 Å². The molecule has 0 aliphatic heterocycles. The van der Waals surface area contributed by atoms with Gasteiger partial charge in [0.15, 0.2) is 0 Å². The largest absolute Gasteiger partial charge is 0.345 e. The fraction of sp³-hybridized carbons (Fsp3) is 0.400. The summed E-state index contributed by atoms with van der Waals surface area (Å²) in [5.74, 6) is 0. The Morgan fingerprint density at radius 2 is 0.857 bits per heavy atom. The van der Waals surface area contributed by atoms with E-state index < -0.39 is 0 Å². The summed E-state index contributed by atoms with van der Waals surface area (Å²) in [6.45, 7) is 12.8. The van der Waals surface area contributed by atoms with Crippen LogP contribution in [0.4, 0.5) is 11.4 Å². The van der Waals surface area contributed by atoms with Gasteiger partial charge in [-0.25, -0.2) is 0 Å². The molecule has 1 nitrogen and oxygen atoms in total. The van der Waals surface area contributed by atoms with Crippen LogP contribution >= 0.6 is 0 Å². The van der Waals surface area contributed by atoms with Crippen molar-refractivity contribution in [3.05, 3.63) is 60.7 Å². The predicted octanol–water partition coefficient (Wildman–Crippen LogP) is 6.53. The van der Waals surface area contributed by atoms with E-state index in [0.717, 1.165) is 0 Å². The zero-order chi connectivity index (χ0) is 16.3. The molecule has 0 unspecified atom stereocenters. The molecule has 21 heavy (non-hydrogen) atoms. The maximum absolute atomic E-state index is 2.19. The minimum atomic E-state index is 0.500. The summed E-state index contributed by atoms with van der Waals surface area (Å²) in [7, 11) is 2.07. The number of hydrogen-bond acceptors (Lipinski definition) is 1. The van der Waals surface area contributed by atoms with Gasteiger partial charge in [0.2, 0.25) is 0 Å². The Bertz CT molecular complexity index is 409. The van der Waals surface area contributed by atoms with E-state index in [2.05, 4.69) is 88.2 Å². The fourth-order valence-corrected chi connectivity index (χ4v) is 1.45. The zero-order valence-electron chi connectivity index (χ0n) is 14.7. The van der Waals surface area contributed by atoms with Crippen LogP contribution in [0.2, 0.25) is 0 Å². The monoisotopic (exact) mass is 285 g/mol. The molecule has 0 aromatic heterocycles. The van der Waals surface area contributed by atoms with Gasteiger partial charge in [-0.05, 0) is 29.7 Å². The maximum atomic E-state index is 2.19. The van der Waals surface area contributed by atoms with Crippen LogP contribution in [-0.4, -0.2) is 7.05 Å². The van der Waals surface area contributed by atoms with Gasteiger partial charge in [0.1, 0.15) is 0 Å². The number of para-hydroxylation sites is 2. The molecule has 2 rings (SSSR count). The third kappa shape index (κ3) is 9.73. The lowest BCUT2D eigenvalue weighted by molar-refractivity contribution is 0.469. The quantitative estimate of drug-likeness (QED) is 0.606. The Hall–Kier alpha value is -1.76. The van der Waals surface area contributed by atoms with Gasteiger partial charge < -0.3 is 4.90 Å². The smallest absolute Gasteiger partial charge is 0.0408 e. The second-order valence-electron chi connectivity index (χ2n) is 6.23.